The Morgan fingerprint density at radius 2 is 1.74 bits per heavy atom. The summed E-state index contributed by atoms with van der Waals surface area (Å²) in [7, 11) is 0. The molecule has 6 heteroatoms. The molecule has 0 aliphatic carbocycles. The van der Waals surface area contributed by atoms with E-state index in [1.54, 1.807) is 0 Å². The van der Waals surface area contributed by atoms with Gasteiger partial charge in [-0.05, 0) is 63.1 Å². The highest BCUT2D eigenvalue weighted by molar-refractivity contribution is 5.85. The molecule has 0 saturated carbocycles. The summed E-state index contributed by atoms with van der Waals surface area (Å²) in [5.41, 5.74) is 8.37. The van der Waals surface area contributed by atoms with Crippen LogP contribution in [-0.4, -0.2) is 48.4 Å². The predicted molar refractivity (Wildman–Crippen MR) is 117 cm³/mol. The van der Waals surface area contributed by atoms with Crippen molar-refractivity contribution in [3.63, 3.8) is 0 Å². The van der Waals surface area contributed by atoms with Crippen LogP contribution in [0, 0.1) is 18.8 Å². The first-order valence-electron chi connectivity index (χ1n) is 9.86. The highest BCUT2D eigenvalue weighted by Gasteiger charge is 2.29. The zero-order valence-electron chi connectivity index (χ0n) is 16.6. The molecule has 3 rings (SSSR count). The minimum absolute atomic E-state index is 0. The van der Waals surface area contributed by atoms with Crippen LogP contribution in [0.15, 0.2) is 24.3 Å². The number of nitrogens with two attached hydrogens (primary N) is 1. The summed E-state index contributed by atoms with van der Waals surface area (Å²) in [6.45, 7) is 9.69. The first-order chi connectivity index (χ1) is 12.0. The van der Waals surface area contributed by atoms with Crippen molar-refractivity contribution in [3.8, 4) is 0 Å². The lowest BCUT2D eigenvalue weighted by Gasteiger charge is -2.38. The molecule has 2 aliphatic rings. The van der Waals surface area contributed by atoms with E-state index in [1.807, 2.05) is 36.1 Å². The zero-order valence-corrected chi connectivity index (χ0v) is 18.2. The molecule has 1 amide bonds. The van der Waals surface area contributed by atoms with Gasteiger partial charge in [0.25, 0.3) is 0 Å². The molecule has 4 nitrogen and oxygen atoms in total. The number of piperidine rings is 2. The van der Waals surface area contributed by atoms with Crippen molar-refractivity contribution in [1.29, 1.82) is 0 Å². The molecule has 27 heavy (non-hydrogen) atoms. The van der Waals surface area contributed by atoms with E-state index in [1.165, 1.54) is 37.9 Å². The number of hydrogen-bond acceptors (Lipinski definition) is 3. The molecule has 154 valence electrons. The third-order valence-electron chi connectivity index (χ3n) is 5.93. The molecule has 0 radical (unpaired) electrons. The fourth-order valence-electron chi connectivity index (χ4n) is 4.14. The van der Waals surface area contributed by atoms with Gasteiger partial charge in [-0.15, -0.1) is 24.8 Å². The van der Waals surface area contributed by atoms with E-state index in [0.29, 0.717) is 5.92 Å². The molecule has 2 saturated heterocycles. The molecule has 0 bridgehead atoms. The molecule has 2 fully saturated rings. The van der Waals surface area contributed by atoms with Gasteiger partial charge in [-0.25, -0.2) is 0 Å². The number of benzene rings is 1. The Kier molecular flexibility index (Phi) is 10.1. The zero-order chi connectivity index (χ0) is 17.8. The molecule has 1 aromatic carbocycles. The minimum atomic E-state index is -0.532. The number of hydrogen-bond donors (Lipinski definition) is 1. The fourth-order valence-corrected chi connectivity index (χ4v) is 4.14. The summed E-state index contributed by atoms with van der Waals surface area (Å²) < 4.78 is 0. The quantitative estimate of drug-likeness (QED) is 0.812. The maximum Gasteiger partial charge on any atom is 0.244 e. The molecular weight excluding hydrogens is 381 g/mol. The van der Waals surface area contributed by atoms with E-state index >= 15 is 0 Å². The topological polar surface area (TPSA) is 49.6 Å². The number of carbonyl (C=O) groups excluding carboxylic acids is 1. The molecule has 2 atom stereocenters. The van der Waals surface area contributed by atoms with Crippen LogP contribution >= 0.6 is 24.8 Å². The monoisotopic (exact) mass is 415 g/mol. The van der Waals surface area contributed by atoms with Crippen molar-refractivity contribution < 1.29 is 4.79 Å². The maximum absolute atomic E-state index is 12.9. The average Bonchev–Trinajstić information content (AvgIpc) is 2.63. The van der Waals surface area contributed by atoms with Crippen LogP contribution in [-0.2, 0) is 4.79 Å². The van der Waals surface area contributed by atoms with Crippen LogP contribution in [0.2, 0.25) is 0 Å². The third-order valence-corrected chi connectivity index (χ3v) is 5.93. The van der Waals surface area contributed by atoms with Gasteiger partial charge in [0, 0.05) is 19.6 Å². The number of nitrogens with zero attached hydrogens (tertiary/aromatic N) is 2. The second-order valence-electron chi connectivity index (χ2n) is 8.16. The van der Waals surface area contributed by atoms with Crippen molar-refractivity contribution in [1.82, 2.24) is 9.80 Å². The Hall–Kier alpha value is -0.810. The standard InChI is InChI=1S/C21H33N3O.2ClH/c1-16-5-7-19(8-6-16)20(22)21(25)24-11-3-4-18(15-24)14-23-12-9-17(2)10-13-23;;/h5-8,17-18,20H,3-4,9-15,22H2,1-2H3;2*1H. The fraction of sp³-hybridized carbons (Fsp3) is 0.667. The van der Waals surface area contributed by atoms with Crippen molar-refractivity contribution in [2.24, 2.45) is 17.6 Å². The largest absolute Gasteiger partial charge is 0.341 e. The SMILES string of the molecule is Cc1ccc(C(N)C(=O)N2CCCC(CN3CCC(C)CC3)C2)cc1.Cl.Cl. The van der Waals surface area contributed by atoms with E-state index < -0.39 is 6.04 Å². The van der Waals surface area contributed by atoms with Crippen LogP contribution in [0.3, 0.4) is 0 Å². The Morgan fingerprint density at radius 1 is 1.11 bits per heavy atom. The molecule has 2 aliphatic heterocycles. The normalized spacial score (nSPS) is 22.5. The van der Waals surface area contributed by atoms with Gasteiger partial charge in [-0.3, -0.25) is 4.79 Å². The van der Waals surface area contributed by atoms with Crippen molar-refractivity contribution in [3.05, 3.63) is 35.4 Å². The van der Waals surface area contributed by atoms with Gasteiger partial charge in [0.05, 0.1) is 0 Å². The lowest BCUT2D eigenvalue weighted by atomic mass is 9.93. The van der Waals surface area contributed by atoms with Crippen LogP contribution in [0.4, 0.5) is 0 Å². The van der Waals surface area contributed by atoms with Crippen molar-refractivity contribution in [2.75, 3.05) is 32.7 Å². The molecule has 2 heterocycles. The minimum Gasteiger partial charge on any atom is -0.341 e. The van der Waals surface area contributed by atoms with Gasteiger partial charge in [0.1, 0.15) is 6.04 Å². The van der Waals surface area contributed by atoms with Crippen LogP contribution in [0.25, 0.3) is 0 Å². The van der Waals surface area contributed by atoms with E-state index in [9.17, 15) is 4.79 Å². The molecule has 1 aromatic rings. The lowest BCUT2D eigenvalue weighted by molar-refractivity contribution is -0.134. The summed E-state index contributed by atoms with van der Waals surface area (Å²) in [6.07, 6.45) is 4.96. The first kappa shape index (κ1) is 24.2. The Bertz CT molecular complexity index is 573. The Balaban J connectivity index is 0.00000182. The molecule has 0 aromatic heterocycles. The number of rotatable bonds is 4. The number of halogens is 2. The lowest BCUT2D eigenvalue weighted by Crippen LogP contribution is -2.47. The van der Waals surface area contributed by atoms with Crippen LogP contribution < -0.4 is 5.73 Å². The van der Waals surface area contributed by atoms with Gasteiger partial charge >= 0.3 is 0 Å². The van der Waals surface area contributed by atoms with Gasteiger partial charge in [0.2, 0.25) is 5.91 Å². The summed E-state index contributed by atoms with van der Waals surface area (Å²) in [5.74, 6) is 1.55. The molecular formula is C21H35Cl2N3O. The second-order valence-corrected chi connectivity index (χ2v) is 8.16. The highest BCUT2D eigenvalue weighted by Crippen LogP contribution is 2.24. The van der Waals surface area contributed by atoms with Gasteiger partial charge in [0.15, 0.2) is 0 Å². The van der Waals surface area contributed by atoms with E-state index in [0.717, 1.165) is 37.5 Å². The molecule has 2 N–H and O–H groups in total. The number of carbonyl (C=O) groups is 1. The number of likely N-dealkylation sites (tertiary alicyclic amines) is 2. The summed E-state index contributed by atoms with van der Waals surface area (Å²) in [5, 5.41) is 0. The van der Waals surface area contributed by atoms with Crippen LogP contribution in [0.1, 0.15) is 49.8 Å². The van der Waals surface area contributed by atoms with Gasteiger partial charge in [-0.2, -0.15) is 0 Å². The molecule has 2 unspecified atom stereocenters. The smallest absolute Gasteiger partial charge is 0.244 e. The second kappa shape index (κ2) is 11.3. The van der Waals surface area contributed by atoms with Crippen molar-refractivity contribution >= 4 is 30.7 Å². The summed E-state index contributed by atoms with van der Waals surface area (Å²) in [6, 6.07) is 7.48. The number of aryl methyl sites for hydroxylation is 1. The Morgan fingerprint density at radius 3 is 2.37 bits per heavy atom. The van der Waals surface area contributed by atoms with Gasteiger partial charge in [-0.1, -0.05) is 36.8 Å². The number of amides is 1. The molecule has 0 spiro atoms. The van der Waals surface area contributed by atoms with Gasteiger partial charge < -0.3 is 15.5 Å². The maximum atomic E-state index is 12.9. The van der Waals surface area contributed by atoms with Crippen LogP contribution in [0.5, 0.6) is 0 Å². The predicted octanol–water partition coefficient (Wildman–Crippen LogP) is 3.81. The summed E-state index contributed by atoms with van der Waals surface area (Å²) >= 11 is 0. The van der Waals surface area contributed by atoms with Crippen molar-refractivity contribution in [2.45, 2.75) is 45.6 Å². The van der Waals surface area contributed by atoms with E-state index in [4.69, 9.17) is 5.73 Å². The average molecular weight is 416 g/mol. The summed E-state index contributed by atoms with van der Waals surface area (Å²) in [4.78, 5) is 17.5. The first-order valence-corrected chi connectivity index (χ1v) is 9.86. The Labute approximate surface area is 176 Å². The highest BCUT2D eigenvalue weighted by atomic mass is 35.5. The van der Waals surface area contributed by atoms with E-state index in [-0.39, 0.29) is 30.7 Å². The third kappa shape index (κ3) is 6.63. The van der Waals surface area contributed by atoms with E-state index in [2.05, 4.69) is 11.8 Å².